The highest BCUT2D eigenvalue weighted by molar-refractivity contribution is 5.95. The zero-order valence-corrected chi connectivity index (χ0v) is 8.65. The number of carboxylic acid groups (broad SMARTS) is 1. The van der Waals surface area contributed by atoms with E-state index in [-0.39, 0.29) is 6.10 Å². The van der Waals surface area contributed by atoms with Crippen molar-refractivity contribution < 1.29 is 19.4 Å². The topological polar surface area (TPSA) is 63.6 Å². The lowest BCUT2D eigenvalue weighted by Gasteiger charge is -2.22. The van der Waals surface area contributed by atoms with Gasteiger partial charge in [-0.05, 0) is 25.7 Å². The monoisotopic (exact) mass is 212 g/mol. The van der Waals surface area contributed by atoms with Crippen LogP contribution < -0.4 is 0 Å². The SMILES string of the molecule is C=CC(C(=O)O)C(=O)OC1CCCCC1. The Balaban J connectivity index is 2.45. The summed E-state index contributed by atoms with van der Waals surface area (Å²) >= 11 is 0. The van der Waals surface area contributed by atoms with Crippen LogP contribution in [0, 0.1) is 5.92 Å². The summed E-state index contributed by atoms with van der Waals surface area (Å²) in [4.78, 5) is 22.1. The lowest BCUT2D eigenvalue weighted by atomic mass is 9.97. The predicted molar refractivity (Wildman–Crippen MR) is 54.3 cm³/mol. The summed E-state index contributed by atoms with van der Waals surface area (Å²) in [6.07, 6.45) is 5.94. The number of hydrogen-bond donors (Lipinski definition) is 1. The molecule has 15 heavy (non-hydrogen) atoms. The third-order valence-electron chi connectivity index (χ3n) is 2.59. The molecule has 0 aliphatic heterocycles. The quantitative estimate of drug-likeness (QED) is 0.438. The van der Waals surface area contributed by atoms with E-state index in [1.165, 1.54) is 0 Å². The van der Waals surface area contributed by atoms with Crippen molar-refractivity contribution in [2.45, 2.75) is 38.2 Å². The van der Waals surface area contributed by atoms with E-state index in [1.54, 1.807) is 0 Å². The number of aliphatic carboxylic acids is 1. The van der Waals surface area contributed by atoms with E-state index in [9.17, 15) is 9.59 Å². The third kappa shape index (κ3) is 3.38. The minimum absolute atomic E-state index is 0.104. The highest BCUT2D eigenvalue weighted by Crippen LogP contribution is 2.21. The molecule has 4 heteroatoms. The van der Waals surface area contributed by atoms with Gasteiger partial charge in [-0.2, -0.15) is 0 Å². The average molecular weight is 212 g/mol. The van der Waals surface area contributed by atoms with Gasteiger partial charge >= 0.3 is 11.9 Å². The number of rotatable bonds is 4. The molecule has 1 aliphatic rings. The molecule has 1 atom stereocenters. The summed E-state index contributed by atoms with van der Waals surface area (Å²) in [5.74, 6) is -3.12. The molecule has 0 aromatic heterocycles. The van der Waals surface area contributed by atoms with Gasteiger partial charge in [0.05, 0.1) is 0 Å². The Bertz CT molecular complexity index is 253. The fourth-order valence-corrected chi connectivity index (χ4v) is 1.72. The van der Waals surface area contributed by atoms with Gasteiger partial charge in [0.2, 0.25) is 0 Å². The maximum absolute atomic E-state index is 11.4. The summed E-state index contributed by atoms with van der Waals surface area (Å²) in [7, 11) is 0. The molecule has 1 N–H and O–H groups in total. The van der Waals surface area contributed by atoms with Crippen molar-refractivity contribution in [1.29, 1.82) is 0 Å². The third-order valence-corrected chi connectivity index (χ3v) is 2.59. The van der Waals surface area contributed by atoms with E-state index < -0.39 is 17.9 Å². The van der Waals surface area contributed by atoms with Gasteiger partial charge in [0.25, 0.3) is 0 Å². The van der Waals surface area contributed by atoms with E-state index in [0.29, 0.717) is 0 Å². The van der Waals surface area contributed by atoms with Crippen LogP contribution in [0.1, 0.15) is 32.1 Å². The molecule has 0 heterocycles. The van der Waals surface area contributed by atoms with Gasteiger partial charge in [-0.15, -0.1) is 6.58 Å². The van der Waals surface area contributed by atoms with Crippen molar-refractivity contribution in [3.05, 3.63) is 12.7 Å². The molecule has 0 bridgehead atoms. The van der Waals surface area contributed by atoms with E-state index in [0.717, 1.165) is 38.2 Å². The molecule has 1 unspecified atom stereocenters. The minimum atomic E-state index is -1.23. The van der Waals surface area contributed by atoms with Crippen LogP contribution in [0.5, 0.6) is 0 Å². The van der Waals surface area contributed by atoms with Gasteiger partial charge in [-0.1, -0.05) is 12.5 Å². The Morgan fingerprint density at radius 1 is 1.33 bits per heavy atom. The molecular weight excluding hydrogens is 196 g/mol. The molecule has 0 saturated heterocycles. The zero-order chi connectivity index (χ0) is 11.3. The van der Waals surface area contributed by atoms with Crippen molar-refractivity contribution in [3.63, 3.8) is 0 Å². The van der Waals surface area contributed by atoms with Gasteiger partial charge in [-0.3, -0.25) is 9.59 Å². The number of carbonyl (C=O) groups is 2. The normalized spacial score (nSPS) is 19.2. The summed E-state index contributed by atoms with van der Waals surface area (Å²) in [5.41, 5.74) is 0. The second-order valence-electron chi connectivity index (χ2n) is 3.75. The van der Waals surface area contributed by atoms with E-state index in [2.05, 4.69) is 6.58 Å². The van der Waals surface area contributed by atoms with E-state index >= 15 is 0 Å². The van der Waals surface area contributed by atoms with Gasteiger partial charge in [0, 0.05) is 0 Å². The summed E-state index contributed by atoms with van der Waals surface area (Å²) in [6.45, 7) is 3.31. The van der Waals surface area contributed by atoms with Crippen molar-refractivity contribution in [2.24, 2.45) is 5.92 Å². The summed E-state index contributed by atoms with van der Waals surface area (Å²) in [5, 5.41) is 8.70. The Labute approximate surface area is 88.9 Å². The largest absolute Gasteiger partial charge is 0.480 e. The molecule has 0 aromatic rings. The smallest absolute Gasteiger partial charge is 0.324 e. The van der Waals surface area contributed by atoms with Crippen molar-refractivity contribution in [3.8, 4) is 0 Å². The number of carbonyl (C=O) groups excluding carboxylic acids is 1. The molecule has 1 saturated carbocycles. The lowest BCUT2D eigenvalue weighted by Crippen LogP contribution is -2.29. The molecule has 0 aromatic carbocycles. The van der Waals surface area contributed by atoms with Crippen LogP contribution in [-0.2, 0) is 14.3 Å². The van der Waals surface area contributed by atoms with Crippen molar-refractivity contribution >= 4 is 11.9 Å². The van der Waals surface area contributed by atoms with Gasteiger partial charge < -0.3 is 9.84 Å². The average Bonchev–Trinajstić information content (AvgIpc) is 2.19. The fraction of sp³-hybridized carbons (Fsp3) is 0.636. The number of esters is 1. The molecule has 84 valence electrons. The number of hydrogen-bond acceptors (Lipinski definition) is 3. The fourth-order valence-electron chi connectivity index (χ4n) is 1.72. The maximum atomic E-state index is 11.4. The number of ether oxygens (including phenoxy) is 1. The molecule has 0 spiro atoms. The Kier molecular flexibility index (Phi) is 4.34. The standard InChI is InChI=1S/C11H16O4/c1-2-9(10(12)13)11(14)15-8-6-4-3-5-7-8/h2,8-9H,1,3-7H2,(H,12,13). The summed E-state index contributed by atoms with van der Waals surface area (Å²) in [6, 6.07) is 0. The van der Waals surface area contributed by atoms with Crippen LogP contribution in [0.3, 0.4) is 0 Å². The molecule has 1 aliphatic carbocycles. The Morgan fingerprint density at radius 3 is 2.40 bits per heavy atom. The first-order valence-electron chi connectivity index (χ1n) is 5.21. The molecule has 4 nitrogen and oxygen atoms in total. The molecule has 1 rings (SSSR count). The highest BCUT2D eigenvalue weighted by Gasteiger charge is 2.27. The van der Waals surface area contributed by atoms with Crippen LogP contribution >= 0.6 is 0 Å². The van der Waals surface area contributed by atoms with Crippen LogP contribution in [0.15, 0.2) is 12.7 Å². The second-order valence-corrected chi connectivity index (χ2v) is 3.75. The van der Waals surface area contributed by atoms with E-state index in [1.807, 2.05) is 0 Å². The molecule has 0 radical (unpaired) electrons. The first-order valence-corrected chi connectivity index (χ1v) is 5.21. The summed E-state index contributed by atoms with van der Waals surface area (Å²) < 4.78 is 5.11. The number of carboxylic acids is 1. The van der Waals surface area contributed by atoms with Crippen LogP contribution in [0.4, 0.5) is 0 Å². The molecular formula is C11H16O4. The first-order chi connectivity index (χ1) is 7.15. The van der Waals surface area contributed by atoms with Crippen LogP contribution in [0.25, 0.3) is 0 Å². The Hall–Kier alpha value is -1.32. The van der Waals surface area contributed by atoms with Crippen molar-refractivity contribution in [1.82, 2.24) is 0 Å². The van der Waals surface area contributed by atoms with Gasteiger partial charge in [0.15, 0.2) is 5.92 Å². The van der Waals surface area contributed by atoms with E-state index in [4.69, 9.17) is 9.84 Å². The molecule has 1 fully saturated rings. The molecule has 0 amide bonds. The maximum Gasteiger partial charge on any atom is 0.324 e. The zero-order valence-electron chi connectivity index (χ0n) is 8.65. The van der Waals surface area contributed by atoms with Gasteiger partial charge in [0.1, 0.15) is 6.10 Å². The highest BCUT2D eigenvalue weighted by atomic mass is 16.5. The van der Waals surface area contributed by atoms with Crippen LogP contribution in [-0.4, -0.2) is 23.1 Å². The lowest BCUT2D eigenvalue weighted by molar-refractivity contribution is -0.160. The predicted octanol–water partition coefficient (Wildman–Crippen LogP) is 1.75. The van der Waals surface area contributed by atoms with Gasteiger partial charge in [-0.25, -0.2) is 0 Å². The minimum Gasteiger partial charge on any atom is -0.480 e. The second kappa shape index (κ2) is 5.53. The van der Waals surface area contributed by atoms with Crippen molar-refractivity contribution in [2.75, 3.05) is 0 Å². The Morgan fingerprint density at radius 2 is 1.93 bits per heavy atom. The van der Waals surface area contributed by atoms with Crippen LogP contribution in [0.2, 0.25) is 0 Å². The first kappa shape index (κ1) is 11.8.